The van der Waals surface area contributed by atoms with E-state index in [0.29, 0.717) is 0 Å². The molecule has 152 valence electrons. The maximum absolute atomic E-state index is 13.5. The average Bonchev–Trinajstić information content (AvgIpc) is 2.50. The van der Waals surface area contributed by atoms with Crippen molar-refractivity contribution in [2.75, 3.05) is 0 Å². The summed E-state index contributed by atoms with van der Waals surface area (Å²) in [6.07, 6.45) is 0. The van der Waals surface area contributed by atoms with E-state index in [1.54, 1.807) is 0 Å². The van der Waals surface area contributed by atoms with E-state index in [1.165, 1.54) is 54.6 Å². The highest BCUT2D eigenvalue weighted by atomic mass is 35.5. The molecule has 0 heterocycles. The molecule has 0 saturated heterocycles. The number of rotatable bonds is 6. The van der Waals surface area contributed by atoms with Gasteiger partial charge in [0.15, 0.2) is 0 Å². The van der Waals surface area contributed by atoms with E-state index in [-0.39, 0.29) is 47.4 Å². The Balaban J connectivity index is 2.00. The van der Waals surface area contributed by atoms with E-state index in [1.807, 2.05) is 0 Å². The van der Waals surface area contributed by atoms with E-state index < -0.39 is 7.82 Å². The van der Waals surface area contributed by atoms with Crippen LogP contribution in [-0.2, 0) is 4.57 Å². The van der Waals surface area contributed by atoms with Crippen molar-refractivity contribution in [1.82, 2.24) is 0 Å². The molecule has 0 aliphatic heterocycles. The fourth-order valence-corrected chi connectivity index (χ4v) is 4.91. The predicted molar refractivity (Wildman–Crippen MR) is 119 cm³/mol. The van der Waals surface area contributed by atoms with Crippen LogP contribution < -0.4 is 13.6 Å². The maximum Gasteiger partial charge on any atom is 0.647 e. The van der Waals surface area contributed by atoms with Crippen LogP contribution in [0.4, 0.5) is 0 Å². The smallest absolute Gasteiger partial charge is 0.386 e. The molecule has 0 aromatic heterocycles. The number of hydrogen-bond acceptors (Lipinski definition) is 4. The van der Waals surface area contributed by atoms with Gasteiger partial charge in [0.2, 0.25) is 0 Å². The number of phosphoric acid groups is 1. The topological polar surface area (TPSA) is 44.8 Å². The molecular formula is C18H9Cl6O4P. The lowest BCUT2D eigenvalue weighted by molar-refractivity contribution is 0.298. The Bertz CT molecular complexity index is 910. The Labute approximate surface area is 196 Å². The van der Waals surface area contributed by atoms with Gasteiger partial charge in [-0.3, -0.25) is 0 Å². The van der Waals surface area contributed by atoms with Crippen LogP contribution in [0, 0.1) is 0 Å². The van der Waals surface area contributed by atoms with Crippen molar-refractivity contribution in [3.63, 3.8) is 0 Å². The standard InChI is InChI=1S/C18H9Cl6O4P/c19-10-1-11(20)5-16(4-10)26-29(25,27-17-6-12(21)2-13(22)7-17)28-18-8-14(23)3-15(24)9-18/h1-9H. The van der Waals surface area contributed by atoms with Crippen molar-refractivity contribution >= 4 is 77.4 Å². The second kappa shape index (κ2) is 9.45. The van der Waals surface area contributed by atoms with Crippen LogP contribution in [0.3, 0.4) is 0 Å². The number of benzene rings is 3. The summed E-state index contributed by atoms with van der Waals surface area (Å²) in [6.45, 7) is 0. The molecule has 11 heteroatoms. The fourth-order valence-electron chi connectivity index (χ4n) is 2.19. The molecule has 3 rings (SSSR count). The Hall–Kier alpha value is -0.970. The third-order valence-electron chi connectivity index (χ3n) is 3.16. The molecule has 4 nitrogen and oxygen atoms in total. The zero-order chi connectivity index (χ0) is 21.2. The largest absolute Gasteiger partial charge is 0.647 e. The molecule has 0 fully saturated rings. The molecule has 3 aromatic rings. The van der Waals surface area contributed by atoms with E-state index in [2.05, 4.69) is 0 Å². The molecule has 3 aromatic carbocycles. The zero-order valence-electron chi connectivity index (χ0n) is 14.0. The van der Waals surface area contributed by atoms with E-state index in [9.17, 15) is 4.57 Å². The number of halogens is 6. The normalized spacial score (nSPS) is 11.2. The van der Waals surface area contributed by atoms with Gasteiger partial charge in [0.25, 0.3) is 0 Å². The monoisotopic (exact) mass is 530 g/mol. The molecular weight excluding hydrogens is 524 g/mol. The van der Waals surface area contributed by atoms with Gasteiger partial charge in [0.05, 0.1) is 0 Å². The van der Waals surface area contributed by atoms with Crippen molar-refractivity contribution in [3.8, 4) is 17.2 Å². The van der Waals surface area contributed by atoms with E-state index in [4.69, 9.17) is 83.2 Å². The molecule has 0 aliphatic carbocycles. The summed E-state index contributed by atoms with van der Waals surface area (Å²) in [4.78, 5) is 0. The van der Waals surface area contributed by atoms with Crippen molar-refractivity contribution < 1.29 is 18.1 Å². The molecule has 0 saturated carbocycles. The third-order valence-corrected chi connectivity index (χ3v) is 5.77. The minimum absolute atomic E-state index is 0.0482. The lowest BCUT2D eigenvalue weighted by atomic mass is 10.3. The second-order valence-corrected chi connectivity index (χ2v) is 9.60. The van der Waals surface area contributed by atoms with Gasteiger partial charge < -0.3 is 13.6 Å². The SMILES string of the molecule is O=P(Oc1cc(Cl)cc(Cl)c1)(Oc1cc(Cl)cc(Cl)c1)Oc1cc(Cl)cc(Cl)c1. The van der Waals surface area contributed by atoms with Gasteiger partial charge in [-0.1, -0.05) is 69.6 Å². The van der Waals surface area contributed by atoms with Gasteiger partial charge in [0, 0.05) is 30.1 Å². The molecule has 0 N–H and O–H groups in total. The Morgan fingerprint density at radius 1 is 0.448 bits per heavy atom. The summed E-state index contributed by atoms with van der Waals surface area (Å²) in [5, 5.41) is 1.56. The van der Waals surface area contributed by atoms with Gasteiger partial charge in [-0.25, -0.2) is 0 Å². The minimum atomic E-state index is -4.36. The summed E-state index contributed by atoms with van der Waals surface area (Å²) < 4.78 is 30.0. The van der Waals surface area contributed by atoms with Gasteiger partial charge >= 0.3 is 7.82 Å². The predicted octanol–water partition coefficient (Wildman–Crippen LogP) is 9.25. The van der Waals surface area contributed by atoms with Crippen LogP contribution in [0.1, 0.15) is 0 Å². The summed E-state index contributed by atoms with van der Waals surface area (Å²) in [5.74, 6) is 0.145. The maximum atomic E-state index is 13.5. The molecule has 0 atom stereocenters. The first kappa shape index (κ1) is 22.7. The van der Waals surface area contributed by atoms with Gasteiger partial charge in [0.1, 0.15) is 17.2 Å². The molecule has 0 amide bonds. The van der Waals surface area contributed by atoms with Gasteiger partial charge in [-0.2, -0.15) is 4.57 Å². The minimum Gasteiger partial charge on any atom is -0.386 e. The van der Waals surface area contributed by atoms with Crippen molar-refractivity contribution in [1.29, 1.82) is 0 Å². The van der Waals surface area contributed by atoms with Gasteiger partial charge in [-0.05, 0) is 54.6 Å². The Morgan fingerprint density at radius 3 is 0.862 bits per heavy atom. The molecule has 0 aliphatic rings. The van der Waals surface area contributed by atoms with E-state index >= 15 is 0 Å². The van der Waals surface area contributed by atoms with E-state index in [0.717, 1.165) is 0 Å². The lowest BCUT2D eigenvalue weighted by Crippen LogP contribution is -2.07. The molecule has 29 heavy (non-hydrogen) atoms. The Morgan fingerprint density at radius 2 is 0.655 bits per heavy atom. The summed E-state index contributed by atoms with van der Waals surface area (Å²) >= 11 is 35.9. The van der Waals surface area contributed by atoms with Crippen LogP contribution in [0.2, 0.25) is 30.1 Å². The van der Waals surface area contributed by atoms with Crippen LogP contribution in [0.5, 0.6) is 17.2 Å². The number of hydrogen-bond donors (Lipinski definition) is 0. The lowest BCUT2D eigenvalue weighted by Gasteiger charge is -2.20. The quantitative estimate of drug-likeness (QED) is 0.297. The Kier molecular flexibility index (Phi) is 7.40. The van der Waals surface area contributed by atoms with Crippen LogP contribution >= 0.6 is 77.4 Å². The number of phosphoric ester groups is 1. The molecule has 0 radical (unpaired) electrons. The second-order valence-electron chi connectivity index (χ2n) is 5.54. The first-order valence-corrected chi connectivity index (χ1v) is 11.4. The van der Waals surface area contributed by atoms with Crippen LogP contribution in [0.15, 0.2) is 54.6 Å². The first-order chi connectivity index (χ1) is 13.6. The van der Waals surface area contributed by atoms with Crippen molar-refractivity contribution in [2.24, 2.45) is 0 Å². The fraction of sp³-hybridized carbons (Fsp3) is 0. The van der Waals surface area contributed by atoms with Crippen LogP contribution in [0.25, 0.3) is 0 Å². The van der Waals surface area contributed by atoms with Crippen molar-refractivity contribution in [2.45, 2.75) is 0 Å². The van der Waals surface area contributed by atoms with Gasteiger partial charge in [-0.15, -0.1) is 0 Å². The summed E-state index contributed by atoms with van der Waals surface area (Å²) in [6, 6.07) is 12.8. The molecule has 0 spiro atoms. The highest BCUT2D eigenvalue weighted by Crippen LogP contribution is 2.51. The zero-order valence-corrected chi connectivity index (χ0v) is 19.5. The molecule has 0 unspecified atom stereocenters. The first-order valence-electron chi connectivity index (χ1n) is 7.67. The van der Waals surface area contributed by atoms with Crippen LogP contribution in [-0.4, -0.2) is 0 Å². The van der Waals surface area contributed by atoms with Crippen molar-refractivity contribution in [3.05, 3.63) is 84.7 Å². The molecule has 0 bridgehead atoms. The summed E-state index contributed by atoms with van der Waals surface area (Å²) in [5.41, 5.74) is 0. The summed E-state index contributed by atoms with van der Waals surface area (Å²) in [7, 11) is -4.36. The third kappa shape index (κ3) is 6.77. The highest BCUT2D eigenvalue weighted by Gasteiger charge is 2.34. The average molecular weight is 533 g/mol. The highest BCUT2D eigenvalue weighted by molar-refractivity contribution is 7.49.